The summed E-state index contributed by atoms with van der Waals surface area (Å²) in [4.78, 5) is 16.4. The van der Waals surface area contributed by atoms with E-state index in [4.69, 9.17) is 4.74 Å². The number of nitrogens with one attached hydrogen (secondary N) is 1. The van der Waals surface area contributed by atoms with Gasteiger partial charge < -0.3 is 15.0 Å². The Morgan fingerprint density at radius 2 is 1.76 bits per heavy atom. The molecule has 1 fully saturated rings. The van der Waals surface area contributed by atoms with E-state index in [0.717, 1.165) is 37.5 Å². The molecule has 0 aliphatic carbocycles. The summed E-state index contributed by atoms with van der Waals surface area (Å²) in [6, 6.07) is 12.8. The Hall–Kier alpha value is -2.74. The highest BCUT2D eigenvalue weighted by Gasteiger charge is 2.30. The molecule has 29 heavy (non-hydrogen) atoms. The number of carbonyl (C=O) groups excluding carboxylic acids is 1. The van der Waals surface area contributed by atoms with Crippen LogP contribution in [0.4, 0.5) is 18.9 Å². The number of halogens is 3. The maximum Gasteiger partial charge on any atom is 0.416 e. The van der Waals surface area contributed by atoms with Crippen LogP contribution < -0.4 is 10.1 Å². The van der Waals surface area contributed by atoms with E-state index in [0.29, 0.717) is 13.1 Å². The molecule has 0 unspecified atom stereocenters. The fraction of sp³-hybridized carbons (Fsp3) is 0.381. The maximum atomic E-state index is 12.8. The zero-order valence-electron chi connectivity index (χ0n) is 16.2. The summed E-state index contributed by atoms with van der Waals surface area (Å²) < 4.78 is 43.5. The maximum absolute atomic E-state index is 12.8. The fourth-order valence-corrected chi connectivity index (χ4v) is 3.24. The molecule has 0 atom stereocenters. The van der Waals surface area contributed by atoms with Crippen LogP contribution in [0.2, 0.25) is 0 Å². The first-order valence-electron chi connectivity index (χ1n) is 9.39. The molecular formula is C21H24F3N3O2. The molecule has 2 aromatic rings. The predicted molar refractivity (Wildman–Crippen MR) is 105 cm³/mol. The number of rotatable bonds is 6. The van der Waals surface area contributed by atoms with Gasteiger partial charge in [0.1, 0.15) is 5.75 Å². The van der Waals surface area contributed by atoms with Crippen molar-refractivity contribution in [1.82, 2.24) is 9.80 Å². The van der Waals surface area contributed by atoms with Crippen molar-refractivity contribution < 1.29 is 22.7 Å². The summed E-state index contributed by atoms with van der Waals surface area (Å²) in [5, 5.41) is 2.80. The molecule has 1 amide bonds. The average Bonchev–Trinajstić information content (AvgIpc) is 2.73. The molecule has 1 aliphatic rings. The topological polar surface area (TPSA) is 44.8 Å². The minimum absolute atomic E-state index is 0.0280. The van der Waals surface area contributed by atoms with Crippen LogP contribution in [-0.2, 0) is 17.5 Å². The molecule has 156 valence electrons. The lowest BCUT2D eigenvalue weighted by molar-refractivity contribution is -0.137. The number of piperazine rings is 1. The smallest absolute Gasteiger partial charge is 0.416 e. The molecule has 3 rings (SSSR count). The fourth-order valence-electron chi connectivity index (χ4n) is 3.24. The minimum atomic E-state index is -4.40. The summed E-state index contributed by atoms with van der Waals surface area (Å²) in [6.45, 7) is 3.47. The summed E-state index contributed by atoms with van der Waals surface area (Å²) in [5.74, 6) is 0.698. The normalized spacial score (nSPS) is 15.2. The van der Waals surface area contributed by atoms with Gasteiger partial charge in [-0.3, -0.25) is 9.69 Å². The number of hydrogen-bond donors (Lipinski definition) is 1. The molecule has 1 N–H and O–H groups in total. The van der Waals surface area contributed by atoms with Crippen molar-refractivity contribution in [2.45, 2.75) is 12.7 Å². The Bertz CT molecular complexity index is 817. The average molecular weight is 407 g/mol. The van der Waals surface area contributed by atoms with Gasteiger partial charge in [0, 0.05) is 38.4 Å². The standard InChI is InChI=1S/C21H24F3N3O2/c1-29-19-7-5-16(6-8-19)15-26-9-11-27(12-10-26)20(28)14-25-18-4-2-3-17(13-18)21(22,23)24/h2-8,13,25H,9-12,14-15H2,1H3. The Balaban J connectivity index is 1.45. The van der Waals surface area contributed by atoms with E-state index < -0.39 is 11.7 Å². The van der Waals surface area contributed by atoms with Gasteiger partial charge in [-0.25, -0.2) is 0 Å². The number of amides is 1. The minimum Gasteiger partial charge on any atom is -0.497 e. The molecule has 0 bridgehead atoms. The highest BCUT2D eigenvalue weighted by Crippen LogP contribution is 2.30. The third-order valence-corrected chi connectivity index (χ3v) is 4.92. The van der Waals surface area contributed by atoms with Crippen LogP contribution in [-0.4, -0.2) is 55.5 Å². The van der Waals surface area contributed by atoms with Crippen molar-refractivity contribution in [3.05, 3.63) is 59.7 Å². The van der Waals surface area contributed by atoms with Crippen molar-refractivity contribution in [2.24, 2.45) is 0 Å². The largest absolute Gasteiger partial charge is 0.497 e. The quantitative estimate of drug-likeness (QED) is 0.797. The Kier molecular flexibility index (Phi) is 6.64. The molecule has 0 saturated carbocycles. The Morgan fingerprint density at radius 1 is 1.07 bits per heavy atom. The summed E-state index contributed by atoms with van der Waals surface area (Å²) in [5.41, 5.74) is 0.727. The number of carbonyl (C=O) groups is 1. The summed E-state index contributed by atoms with van der Waals surface area (Å²) in [7, 11) is 1.63. The highest BCUT2D eigenvalue weighted by atomic mass is 19.4. The Labute approximate surface area is 168 Å². The molecule has 1 saturated heterocycles. The number of nitrogens with zero attached hydrogens (tertiary/aromatic N) is 2. The second-order valence-electron chi connectivity index (χ2n) is 6.94. The molecular weight excluding hydrogens is 383 g/mol. The van der Waals surface area contributed by atoms with E-state index in [9.17, 15) is 18.0 Å². The van der Waals surface area contributed by atoms with Crippen LogP contribution in [0, 0.1) is 0 Å². The molecule has 1 heterocycles. The van der Waals surface area contributed by atoms with Crippen molar-refractivity contribution in [1.29, 1.82) is 0 Å². The number of benzene rings is 2. The monoisotopic (exact) mass is 407 g/mol. The molecule has 1 aliphatic heterocycles. The SMILES string of the molecule is COc1ccc(CN2CCN(C(=O)CNc3cccc(C(F)(F)F)c3)CC2)cc1. The van der Waals surface area contributed by atoms with Crippen LogP contribution in [0.25, 0.3) is 0 Å². The molecule has 0 aromatic heterocycles. The van der Waals surface area contributed by atoms with Gasteiger partial charge >= 0.3 is 6.18 Å². The predicted octanol–water partition coefficient (Wildman–Crippen LogP) is 3.47. The van der Waals surface area contributed by atoms with Gasteiger partial charge in [0.2, 0.25) is 5.91 Å². The van der Waals surface area contributed by atoms with Crippen molar-refractivity contribution in [3.63, 3.8) is 0 Å². The molecule has 0 radical (unpaired) electrons. The van der Waals surface area contributed by atoms with Crippen molar-refractivity contribution in [3.8, 4) is 5.75 Å². The third kappa shape index (κ3) is 5.87. The van der Waals surface area contributed by atoms with E-state index in [-0.39, 0.29) is 18.1 Å². The van der Waals surface area contributed by atoms with E-state index in [1.54, 1.807) is 12.0 Å². The van der Waals surface area contributed by atoms with Crippen molar-refractivity contribution >= 4 is 11.6 Å². The first kappa shape index (κ1) is 21.0. The third-order valence-electron chi connectivity index (χ3n) is 4.92. The second-order valence-corrected chi connectivity index (χ2v) is 6.94. The van der Waals surface area contributed by atoms with Crippen LogP contribution >= 0.6 is 0 Å². The van der Waals surface area contributed by atoms with Gasteiger partial charge in [-0.05, 0) is 35.9 Å². The number of alkyl halides is 3. The first-order chi connectivity index (χ1) is 13.8. The number of methoxy groups -OCH3 is 1. The van der Waals surface area contributed by atoms with Gasteiger partial charge in [-0.2, -0.15) is 13.2 Å². The highest BCUT2D eigenvalue weighted by molar-refractivity contribution is 5.81. The van der Waals surface area contributed by atoms with Gasteiger partial charge in [-0.1, -0.05) is 18.2 Å². The van der Waals surface area contributed by atoms with Crippen LogP contribution in [0.15, 0.2) is 48.5 Å². The first-order valence-corrected chi connectivity index (χ1v) is 9.39. The van der Waals surface area contributed by atoms with E-state index >= 15 is 0 Å². The van der Waals surface area contributed by atoms with Gasteiger partial charge in [0.15, 0.2) is 0 Å². The van der Waals surface area contributed by atoms with Crippen molar-refractivity contribution in [2.75, 3.05) is 45.2 Å². The van der Waals surface area contributed by atoms with Crippen LogP contribution in [0.1, 0.15) is 11.1 Å². The lowest BCUT2D eigenvalue weighted by Gasteiger charge is -2.35. The lowest BCUT2D eigenvalue weighted by atomic mass is 10.2. The second kappa shape index (κ2) is 9.17. The summed E-state index contributed by atoms with van der Waals surface area (Å²) >= 11 is 0. The zero-order valence-corrected chi connectivity index (χ0v) is 16.2. The van der Waals surface area contributed by atoms with Gasteiger partial charge in [0.05, 0.1) is 19.2 Å². The molecule has 8 heteroatoms. The number of ether oxygens (including phenoxy) is 1. The van der Waals surface area contributed by atoms with Crippen LogP contribution in [0.5, 0.6) is 5.75 Å². The zero-order chi connectivity index (χ0) is 20.9. The van der Waals surface area contributed by atoms with E-state index in [2.05, 4.69) is 10.2 Å². The molecule has 2 aromatic carbocycles. The van der Waals surface area contributed by atoms with E-state index in [1.807, 2.05) is 24.3 Å². The summed E-state index contributed by atoms with van der Waals surface area (Å²) in [6.07, 6.45) is -4.40. The number of anilines is 1. The van der Waals surface area contributed by atoms with Gasteiger partial charge in [0.25, 0.3) is 0 Å². The van der Waals surface area contributed by atoms with E-state index in [1.165, 1.54) is 17.7 Å². The molecule has 5 nitrogen and oxygen atoms in total. The van der Waals surface area contributed by atoms with Gasteiger partial charge in [-0.15, -0.1) is 0 Å². The Morgan fingerprint density at radius 3 is 2.38 bits per heavy atom. The number of hydrogen-bond acceptors (Lipinski definition) is 4. The lowest BCUT2D eigenvalue weighted by Crippen LogP contribution is -2.49. The van der Waals surface area contributed by atoms with Crippen LogP contribution in [0.3, 0.4) is 0 Å². The molecule has 0 spiro atoms.